The molecule has 0 aliphatic carbocycles. The highest BCUT2D eigenvalue weighted by Crippen LogP contribution is 2.50. The minimum atomic E-state index is 0.903. The van der Waals surface area contributed by atoms with Crippen LogP contribution in [0, 0.1) is 0 Å². The van der Waals surface area contributed by atoms with Crippen molar-refractivity contribution in [2.75, 3.05) is 0 Å². The van der Waals surface area contributed by atoms with Gasteiger partial charge in [-0.3, -0.25) is 0 Å². The van der Waals surface area contributed by atoms with Crippen LogP contribution in [0.2, 0.25) is 0 Å². The standard InChI is InChI=1S/C52H32O/c1-3-20-37-33(14-1)16-10-25-39(37)35-18-9-19-36(32-35)49-42-23-5-6-24-43(42)50(41-26-11-17-34-15-2-4-21-38(34)41)47-30-12-27-44(51(47)49)46-29-13-28-45-40-22-7-8-31-48(40)53-52(45)46/h1-32H. The number of para-hydroxylation sites is 2. The van der Waals surface area contributed by atoms with Gasteiger partial charge >= 0.3 is 0 Å². The zero-order chi connectivity index (χ0) is 34.9. The first kappa shape index (κ1) is 29.7. The van der Waals surface area contributed by atoms with Gasteiger partial charge in [-0.15, -0.1) is 0 Å². The largest absolute Gasteiger partial charge is 0.455 e. The van der Waals surface area contributed by atoms with Crippen LogP contribution in [-0.2, 0) is 0 Å². The monoisotopic (exact) mass is 672 g/mol. The maximum atomic E-state index is 6.71. The molecular weight excluding hydrogens is 641 g/mol. The highest BCUT2D eigenvalue weighted by Gasteiger charge is 2.23. The van der Waals surface area contributed by atoms with Gasteiger partial charge in [-0.05, 0) is 94.2 Å². The van der Waals surface area contributed by atoms with Crippen molar-refractivity contribution in [2.24, 2.45) is 0 Å². The lowest BCUT2D eigenvalue weighted by molar-refractivity contribution is 0.670. The molecule has 0 radical (unpaired) electrons. The molecule has 1 heterocycles. The second-order valence-corrected chi connectivity index (χ2v) is 13.9. The van der Waals surface area contributed by atoms with Gasteiger partial charge < -0.3 is 4.42 Å². The Kier molecular flexibility index (Phi) is 6.62. The van der Waals surface area contributed by atoms with Crippen LogP contribution in [0.3, 0.4) is 0 Å². The zero-order valence-corrected chi connectivity index (χ0v) is 28.9. The van der Waals surface area contributed by atoms with Crippen molar-refractivity contribution in [3.63, 3.8) is 0 Å². The molecule has 0 bridgehead atoms. The van der Waals surface area contributed by atoms with E-state index in [1.165, 1.54) is 76.5 Å². The Hall–Kier alpha value is -6.96. The zero-order valence-electron chi connectivity index (χ0n) is 28.9. The molecule has 11 rings (SSSR count). The Bertz CT molecular complexity index is 3220. The van der Waals surface area contributed by atoms with Crippen LogP contribution in [0.4, 0.5) is 0 Å². The Labute approximate surface area is 307 Å². The minimum Gasteiger partial charge on any atom is -0.455 e. The maximum Gasteiger partial charge on any atom is 0.143 e. The molecule has 0 unspecified atom stereocenters. The van der Waals surface area contributed by atoms with E-state index in [0.29, 0.717) is 0 Å². The predicted octanol–water partition coefficient (Wildman–Crippen LogP) is 14.9. The van der Waals surface area contributed by atoms with E-state index in [-0.39, 0.29) is 0 Å². The van der Waals surface area contributed by atoms with Crippen LogP contribution in [0.25, 0.3) is 110 Å². The number of rotatable bonds is 4. The van der Waals surface area contributed by atoms with Gasteiger partial charge in [0, 0.05) is 16.3 Å². The van der Waals surface area contributed by atoms with Crippen LogP contribution in [0.5, 0.6) is 0 Å². The maximum absolute atomic E-state index is 6.71. The summed E-state index contributed by atoms with van der Waals surface area (Å²) in [5.74, 6) is 0. The van der Waals surface area contributed by atoms with Crippen molar-refractivity contribution >= 4 is 65.0 Å². The SMILES string of the molecule is c1cc(-c2cccc3ccccc23)cc(-c2c3ccccc3c(-c3cccc4ccccc34)c3cccc(-c4cccc5c4oc4ccccc45)c23)c1. The highest BCUT2D eigenvalue weighted by atomic mass is 16.3. The number of fused-ring (bicyclic) bond motifs is 7. The molecule has 10 aromatic carbocycles. The van der Waals surface area contributed by atoms with Crippen molar-refractivity contribution < 1.29 is 4.42 Å². The van der Waals surface area contributed by atoms with Gasteiger partial charge in [-0.1, -0.05) is 182 Å². The van der Waals surface area contributed by atoms with E-state index >= 15 is 0 Å². The lowest BCUT2D eigenvalue weighted by atomic mass is 9.81. The average Bonchev–Trinajstić information content (AvgIpc) is 3.61. The third kappa shape index (κ3) is 4.58. The normalized spacial score (nSPS) is 11.8. The lowest BCUT2D eigenvalue weighted by Gasteiger charge is -2.21. The van der Waals surface area contributed by atoms with E-state index in [9.17, 15) is 0 Å². The van der Waals surface area contributed by atoms with Crippen molar-refractivity contribution in [1.29, 1.82) is 0 Å². The van der Waals surface area contributed by atoms with E-state index in [0.717, 1.165) is 33.1 Å². The summed E-state index contributed by atoms with van der Waals surface area (Å²) in [6.07, 6.45) is 0. The molecule has 246 valence electrons. The van der Waals surface area contributed by atoms with Gasteiger partial charge in [-0.2, -0.15) is 0 Å². The van der Waals surface area contributed by atoms with Crippen molar-refractivity contribution in [1.82, 2.24) is 0 Å². The first-order valence-electron chi connectivity index (χ1n) is 18.3. The number of benzene rings is 10. The Balaban J connectivity index is 1.30. The first-order chi connectivity index (χ1) is 26.3. The summed E-state index contributed by atoms with van der Waals surface area (Å²) in [5, 5.41) is 12.1. The first-order valence-corrected chi connectivity index (χ1v) is 18.3. The minimum absolute atomic E-state index is 0.903. The molecule has 0 aliphatic heterocycles. The fourth-order valence-corrected chi connectivity index (χ4v) is 8.77. The topological polar surface area (TPSA) is 13.1 Å². The van der Waals surface area contributed by atoms with Crippen LogP contribution in [0.1, 0.15) is 0 Å². The molecule has 1 aromatic heterocycles. The average molecular weight is 673 g/mol. The summed E-state index contributed by atoms with van der Waals surface area (Å²) in [6.45, 7) is 0. The number of hydrogen-bond acceptors (Lipinski definition) is 1. The second kappa shape index (κ2) is 11.8. The Morgan fingerprint density at radius 3 is 1.55 bits per heavy atom. The molecule has 0 saturated heterocycles. The molecule has 0 atom stereocenters. The molecule has 1 nitrogen and oxygen atoms in total. The molecule has 53 heavy (non-hydrogen) atoms. The van der Waals surface area contributed by atoms with Crippen molar-refractivity contribution in [3.8, 4) is 44.5 Å². The fraction of sp³-hybridized carbons (Fsp3) is 0. The summed E-state index contributed by atoms with van der Waals surface area (Å²) in [5.41, 5.74) is 11.4. The molecular formula is C52H32O. The third-order valence-corrected chi connectivity index (χ3v) is 11.1. The van der Waals surface area contributed by atoms with Crippen LogP contribution in [0.15, 0.2) is 199 Å². The molecule has 0 aliphatic rings. The van der Waals surface area contributed by atoms with E-state index in [1.54, 1.807) is 0 Å². The molecule has 0 spiro atoms. The van der Waals surface area contributed by atoms with Gasteiger partial charge in [0.25, 0.3) is 0 Å². The summed E-state index contributed by atoms with van der Waals surface area (Å²) in [6, 6.07) is 70.6. The smallest absolute Gasteiger partial charge is 0.143 e. The van der Waals surface area contributed by atoms with E-state index in [1.807, 2.05) is 6.07 Å². The molecule has 0 fully saturated rings. The molecule has 0 saturated carbocycles. The lowest BCUT2D eigenvalue weighted by Crippen LogP contribution is -1.94. The quantitative estimate of drug-likeness (QED) is 0.170. The Morgan fingerprint density at radius 1 is 0.283 bits per heavy atom. The number of hydrogen-bond donors (Lipinski definition) is 0. The fourth-order valence-electron chi connectivity index (χ4n) is 8.77. The molecule has 11 aromatic rings. The summed E-state index contributed by atoms with van der Waals surface area (Å²) >= 11 is 0. The van der Waals surface area contributed by atoms with Crippen LogP contribution >= 0.6 is 0 Å². The van der Waals surface area contributed by atoms with Gasteiger partial charge in [0.2, 0.25) is 0 Å². The Morgan fingerprint density at radius 2 is 0.774 bits per heavy atom. The summed E-state index contributed by atoms with van der Waals surface area (Å²) < 4.78 is 6.71. The van der Waals surface area contributed by atoms with Crippen LogP contribution in [-0.4, -0.2) is 0 Å². The van der Waals surface area contributed by atoms with Gasteiger partial charge in [0.05, 0.1) is 0 Å². The number of furan rings is 1. The summed E-state index contributed by atoms with van der Waals surface area (Å²) in [4.78, 5) is 0. The van der Waals surface area contributed by atoms with Gasteiger partial charge in [-0.25, -0.2) is 0 Å². The highest BCUT2D eigenvalue weighted by molar-refractivity contribution is 6.27. The molecule has 0 N–H and O–H groups in total. The van der Waals surface area contributed by atoms with Gasteiger partial charge in [0.1, 0.15) is 11.2 Å². The second-order valence-electron chi connectivity index (χ2n) is 13.9. The van der Waals surface area contributed by atoms with Crippen molar-refractivity contribution in [3.05, 3.63) is 194 Å². The predicted molar refractivity (Wildman–Crippen MR) is 225 cm³/mol. The van der Waals surface area contributed by atoms with Crippen molar-refractivity contribution in [2.45, 2.75) is 0 Å². The van der Waals surface area contributed by atoms with E-state index < -0.39 is 0 Å². The molecule has 1 heteroatoms. The van der Waals surface area contributed by atoms with Gasteiger partial charge in [0.15, 0.2) is 0 Å². The van der Waals surface area contributed by atoms with E-state index in [4.69, 9.17) is 4.42 Å². The van der Waals surface area contributed by atoms with Crippen LogP contribution < -0.4 is 0 Å². The summed E-state index contributed by atoms with van der Waals surface area (Å²) in [7, 11) is 0. The third-order valence-electron chi connectivity index (χ3n) is 11.1. The van der Waals surface area contributed by atoms with E-state index in [2.05, 4.69) is 188 Å². The molecule has 0 amide bonds.